The maximum atomic E-state index is 14.0. The van der Waals surface area contributed by atoms with E-state index in [-0.39, 0.29) is 42.4 Å². The second-order valence-electron chi connectivity index (χ2n) is 7.28. The molecule has 1 amide bonds. The summed E-state index contributed by atoms with van der Waals surface area (Å²) in [5.74, 6) is -1.32. The van der Waals surface area contributed by atoms with Gasteiger partial charge in [0.05, 0.1) is 17.0 Å². The number of aromatic nitrogens is 2. The van der Waals surface area contributed by atoms with E-state index >= 15 is 0 Å². The van der Waals surface area contributed by atoms with Crippen molar-refractivity contribution in [1.29, 1.82) is 0 Å². The fourth-order valence-corrected chi connectivity index (χ4v) is 3.70. The molecule has 1 aromatic heterocycles. The number of amides is 1. The lowest BCUT2D eigenvalue weighted by molar-refractivity contribution is -0.146. The van der Waals surface area contributed by atoms with Crippen LogP contribution in [0.5, 0.6) is 0 Å². The minimum Gasteiger partial charge on any atom is -0.396 e. The summed E-state index contributed by atoms with van der Waals surface area (Å²) in [6.45, 7) is 1.13. The normalized spacial score (nSPS) is 19.2. The molecule has 0 spiro atoms. The third kappa shape index (κ3) is 3.62. The van der Waals surface area contributed by atoms with Crippen LogP contribution in [-0.2, 0) is 16.0 Å². The molecule has 1 aromatic carbocycles. The molecule has 1 aliphatic carbocycles. The van der Waals surface area contributed by atoms with Gasteiger partial charge in [-0.1, -0.05) is 6.07 Å². The third-order valence-electron chi connectivity index (χ3n) is 5.32. The molecule has 28 heavy (non-hydrogen) atoms. The molecule has 6 nitrogen and oxygen atoms in total. The van der Waals surface area contributed by atoms with Crippen molar-refractivity contribution in [2.24, 2.45) is 5.92 Å². The Balaban J connectivity index is 1.47. The van der Waals surface area contributed by atoms with Gasteiger partial charge in [-0.2, -0.15) is 5.10 Å². The Kier molecular flexibility index (Phi) is 5.32. The first kappa shape index (κ1) is 18.9. The van der Waals surface area contributed by atoms with Gasteiger partial charge in [-0.3, -0.25) is 4.79 Å². The summed E-state index contributed by atoms with van der Waals surface area (Å²) in [4.78, 5) is 13.8. The van der Waals surface area contributed by atoms with E-state index in [1.54, 1.807) is 11.0 Å². The molecule has 1 fully saturated rings. The lowest BCUT2D eigenvalue weighted by atomic mass is 9.93. The number of carbonyl (C=O) groups is 1. The number of hydrogen-bond donors (Lipinski definition) is 1. The van der Waals surface area contributed by atoms with Crippen molar-refractivity contribution in [3.8, 4) is 11.3 Å². The minimum absolute atomic E-state index is 0.0619. The van der Waals surface area contributed by atoms with Crippen molar-refractivity contribution in [2.75, 3.05) is 26.3 Å². The van der Waals surface area contributed by atoms with E-state index in [9.17, 15) is 13.6 Å². The largest absolute Gasteiger partial charge is 0.396 e. The summed E-state index contributed by atoms with van der Waals surface area (Å²) >= 11 is 0. The molecule has 2 aliphatic rings. The molecule has 0 bridgehead atoms. The molecule has 0 radical (unpaired) electrons. The molecule has 2 heterocycles. The lowest BCUT2D eigenvalue weighted by Crippen LogP contribution is -2.52. The summed E-state index contributed by atoms with van der Waals surface area (Å²) in [7, 11) is 0. The summed E-state index contributed by atoms with van der Waals surface area (Å²) in [5.41, 5.74) is 1.42. The predicted molar refractivity (Wildman–Crippen MR) is 96.2 cm³/mol. The molecular weight excluding hydrogens is 368 g/mol. The second-order valence-corrected chi connectivity index (χ2v) is 7.28. The number of carbonyl (C=O) groups excluding carboxylic acids is 1. The van der Waals surface area contributed by atoms with Crippen LogP contribution in [-0.4, -0.2) is 52.4 Å². The van der Waals surface area contributed by atoms with E-state index in [4.69, 9.17) is 9.84 Å². The van der Waals surface area contributed by atoms with Gasteiger partial charge in [-0.05, 0) is 43.0 Å². The van der Waals surface area contributed by atoms with Gasteiger partial charge in [-0.15, -0.1) is 5.10 Å². The summed E-state index contributed by atoms with van der Waals surface area (Å²) in [6, 6.07) is 5.34. The summed E-state index contributed by atoms with van der Waals surface area (Å²) < 4.78 is 33.9. The third-order valence-corrected chi connectivity index (χ3v) is 5.32. The number of aryl methyl sites for hydroxylation is 1. The van der Waals surface area contributed by atoms with Crippen molar-refractivity contribution >= 4 is 5.91 Å². The fourth-order valence-electron chi connectivity index (χ4n) is 3.70. The summed E-state index contributed by atoms with van der Waals surface area (Å²) in [6.07, 6.45) is 1.88. The Labute approximate surface area is 161 Å². The molecule has 1 aliphatic heterocycles. The first-order valence-corrected chi connectivity index (χ1v) is 9.38. The zero-order valence-corrected chi connectivity index (χ0v) is 15.3. The van der Waals surface area contributed by atoms with Crippen molar-refractivity contribution in [3.63, 3.8) is 0 Å². The number of fused-ring (bicyclic) bond motifs is 1. The Bertz CT molecular complexity index is 867. The van der Waals surface area contributed by atoms with Gasteiger partial charge in [0.1, 0.15) is 24.3 Å². The van der Waals surface area contributed by atoms with Gasteiger partial charge in [0, 0.05) is 25.6 Å². The van der Waals surface area contributed by atoms with E-state index in [0.29, 0.717) is 31.6 Å². The maximum Gasteiger partial charge on any atom is 0.248 e. The van der Waals surface area contributed by atoms with Gasteiger partial charge < -0.3 is 14.7 Å². The molecular formula is C20H21F2N3O3. The highest BCUT2D eigenvalue weighted by molar-refractivity contribution is 5.78. The number of rotatable bonds is 5. The van der Waals surface area contributed by atoms with Crippen LogP contribution >= 0.6 is 0 Å². The molecule has 148 valence electrons. The van der Waals surface area contributed by atoms with Crippen LogP contribution in [0.15, 0.2) is 24.3 Å². The van der Waals surface area contributed by atoms with Crippen molar-refractivity contribution in [3.05, 3.63) is 47.2 Å². The number of likely N-dealkylation sites (tertiary alicyclic amines) is 1. The first-order valence-electron chi connectivity index (χ1n) is 9.38. The Morgan fingerprint density at radius 2 is 2.00 bits per heavy atom. The average Bonchev–Trinajstić information content (AvgIpc) is 2.65. The molecule has 1 N–H and O–H groups in total. The summed E-state index contributed by atoms with van der Waals surface area (Å²) in [5, 5.41) is 17.2. The second kappa shape index (κ2) is 7.89. The Morgan fingerprint density at radius 1 is 1.25 bits per heavy atom. The number of nitrogens with zero attached hydrogens (tertiary/aromatic N) is 3. The van der Waals surface area contributed by atoms with Gasteiger partial charge in [0.2, 0.25) is 5.91 Å². The Morgan fingerprint density at radius 3 is 2.71 bits per heavy atom. The number of halogens is 2. The molecule has 1 saturated heterocycles. The fraction of sp³-hybridized carbons (Fsp3) is 0.450. The highest BCUT2D eigenvalue weighted by Gasteiger charge is 2.31. The van der Waals surface area contributed by atoms with Crippen LogP contribution < -0.4 is 0 Å². The Hall–Kier alpha value is -2.45. The van der Waals surface area contributed by atoms with E-state index in [1.807, 2.05) is 0 Å². The quantitative estimate of drug-likeness (QED) is 0.849. The number of ether oxygens (including phenoxy) is 1. The smallest absolute Gasteiger partial charge is 0.248 e. The lowest BCUT2D eigenvalue weighted by Gasteiger charge is -2.38. The minimum atomic E-state index is -0.681. The van der Waals surface area contributed by atoms with Crippen molar-refractivity contribution in [2.45, 2.75) is 25.4 Å². The SMILES string of the molecule is O=C(COC1CCCc2cc(-c3c(F)cccc3F)nnc21)N1CC(CO)C1. The molecule has 4 rings (SSSR count). The van der Waals surface area contributed by atoms with Crippen LogP contribution in [0, 0.1) is 17.6 Å². The zero-order valence-electron chi connectivity index (χ0n) is 15.3. The molecule has 2 aromatic rings. The van der Waals surface area contributed by atoms with Crippen molar-refractivity contribution in [1.82, 2.24) is 15.1 Å². The number of benzene rings is 1. The van der Waals surface area contributed by atoms with Gasteiger partial charge in [-0.25, -0.2) is 8.78 Å². The van der Waals surface area contributed by atoms with Crippen LogP contribution in [0.4, 0.5) is 8.78 Å². The monoisotopic (exact) mass is 389 g/mol. The molecule has 8 heteroatoms. The first-order chi connectivity index (χ1) is 13.6. The van der Waals surface area contributed by atoms with Crippen LogP contribution in [0.3, 0.4) is 0 Å². The number of aliphatic hydroxyl groups is 1. The molecule has 0 saturated carbocycles. The van der Waals surface area contributed by atoms with Gasteiger partial charge in [0.25, 0.3) is 0 Å². The van der Waals surface area contributed by atoms with Gasteiger partial charge >= 0.3 is 0 Å². The van der Waals surface area contributed by atoms with E-state index < -0.39 is 11.6 Å². The highest BCUT2D eigenvalue weighted by Crippen LogP contribution is 2.33. The standard InChI is InChI=1S/C20H21F2N3O3/c21-14-4-2-5-15(22)19(14)16-7-13-3-1-6-17(20(13)24-23-16)28-11-18(27)25-8-12(9-25)10-26/h2,4-5,7,12,17,26H,1,3,6,8-11H2. The molecule has 1 atom stereocenters. The van der Waals surface area contributed by atoms with E-state index in [0.717, 1.165) is 12.0 Å². The maximum absolute atomic E-state index is 14.0. The van der Waals surface area contributed by atoms with Crippen LogP contribution in [0.25, 0.3) is 11.3 Å². The predicted octanol–water partition coefficient (Wildman–Crippen LogP) is 2.27. The molecule has 1 unspecified atom stereocenters. The zero-order chi connectivity index (χ0) is 19.7. The average molecular weight is 389 g/mol. The van der Waals surface area contributed by atoms with Crippen LogP contribution in [0.2, 0.25) is 0 Å². The van der Waals surface area contributed by atoms with Crippen molar-refractivity contribution < 1.29 is 23.4 Å². The van der Waals surface area contributed by atoms with Gasteiger partial charge in [0.15, 0.2) is 0 Å². The van der Waals surface area contributed by atoms with E-state index in [1.165, 1.54) is 18.2 Å². The van der Waals surface area contributed by atoms with Crippen LogP contribution in [0.1, 0.15) is 30.2 Å². The topological polar surface area (TPSA) is 75.5 Å². The number of hydrogen-bond acceptors (Lipinski definition) is 5. The highest BCUT2D eigenvalue weighted by atomic mass is 19.1. The van der Waals surface area contributed by atoms with E-state index in [2.05, 4.69) is 10.2 Å². The number of aliphatic hydroxyl groups excluding tert-OH is 1.